The van der Waals surface area contributed by atoms with Gasteiger partial charge in [0.2, 0.25) is 17.7 Å². The highest BCUT2D eigenvalue weighted by molar-refractivity contribution is 5.95. The molecule has 2 heterocycles. The summed E-state index contributed by atoms with van der Waals surface area (Å²) in [6.45, 7) is 1.50. The minimum Gasteiger partial charge on any atom is -0.508 e. The Bertz CT molecular complexity index is 1860. The highest BCUT2D eigenvalue weighted by atomic mass is 16.4. The average molecular weight is 625 g/mol. The van der Waals surface area contributed by atoms with Crippen molar-refractivity contribution in [3.63, 3.8) is 0 Å². The Hall–Kier alpha value is -5.62. The average Bonchev–Trinajstić information content (AvgIpc) is 3.64. The summed E-state index contributed by atoms with van der Waals surface area (Å²) in [4.78, 5) is 58.9. The Labute approximate surface area is 264 Å². The summed E-state index contributed by atoms with van der Waals surface area (Å²) in [5.41, 5.74) is 9.59. The van der Waals surface area contributed by atoms with Crippen LogP contribution in [0.2, 0.25) is 0 Å². The van der Waals surface area contributed by atoms with Crippen LogP contribution in [0.15, 0.2) is 85.2 Å². The lowest BCUT2D eigenvalue weighted by molar-refractivity contribution is -0.142. The van der Waals surface area contributed by atoms with Crippen LogP contribution in [0.4, 0.5) is 0 Å². The fourth-order valence-electron chi connectivity index (χ4n) is 5.37. The number of fused-ring (bicyclic) bond motifs is 2. The molecule has 0 spiro atoms. The minimum absolute atomic E-state index is 0.0273. The van der Waals surface area contributed by atoms with E-state index in [1.165, 1.54) is 19.1 Å². The molecule has 0 fully saturated rings. The SMILES string of the molecule is CC(N)C(=O)NC(Cc1c[nH]c2ccccc12)C(=O)NC(Cc1c[nH]c2ccccc12)C(=O)NC(Cc1ccc(O)cc1)C(=O)O. The second-order valence-electron chi connectivity index (χ2n) is 11.3. The van der Waals surface area contributed by atoms with Gasteiger partial charge in [-0.2, -0.15) is 0 Å². The first-order valence-electron chi connectivity index (χ1n) is 14.9. The van der Waals surface area contributed by atoms with Crippen molar-refractivity contribution in [2.24, 2.45) is 5.73 Å². The van der Waals surface area contributed by atoms with E-state index >= 15 is 0 Å². The zero-order valence-electron chi connectivity index (χ0n) is 25.1. The van der Waals surface area contributed by atoms with E-state index in [-0.39, 0.29) is 25.0 Å². The summed E-state index contributed by atoms with van der Waals surface area (Å²) < 4.78 is 0. The van der Waals surface area contributed by atoms with E-state index in [1.54, 1.807) is 24.5 Å². The van der Waals surface area contributed by atoms with Crippen LogP contribution in [0, 0.1) is 0 Å². The number of phenolic OH excluding ortho intramolecular Hbond substituents is 1. The molecule has 0 radical (unpaired) electrons. The second-order valence-corrected chi connectivity index (χ2v) is 11.3. The van der Waals surface area contributed by atoms with E-state index in [0.717, 1.165) is 32.9 Å². The number of carboxylic acids is 1. The maximum atomic E-state index is 13.9. The first-order chi connectivity index (χ1) is 22.1. The molecule has 238 valence electrons. The van der Waals surface area contributed by atoms with Gasteiger partial charge in [0.15, 0.2) is 0 Å². The Balaban J connectivity index is 1.42. The van der Waals surface area contributed by atoms with Crippen LogP contribution in [0.5, 0.6) is 5.75 Å². The number of hydrogen-bond donors (Lipinski definition) is 8. The zero-order chi connectivity index (χ0) is 32.8. The predicted molar refractivity (Wildman–Crippen MR) is 173 cm³/mol. The molecule has 0 aliphatic rings. The number of hydrogen-bond acceptors (Lipinski definition) is 6. The van der Waals surface area contributed by atoms with Gasteiger partial charge in [0.25, 0.3) is 0 Å². The molecule has 2 aromatic heterocycles. The lowest BCUT2D eigenvalue weighted by atomic mass is 10.0. The number of aliphatic carboxylic acids is 1. The Kier molecular flexibility index (Phi) is 9.67. The number of amides is 3. The molecule has 0 aliphatic carbocycles. The topological polar surface area (TPSA) is 202 Å². The molecule has 3 amide bonds. The van der Waals surface area contributed by atoms with Crippen LogP contribution in [0.25, 0.3) is 21.8 Å². The summed E-state index contributed by atoms with van der Waals surface area (Å²) in [6.07, 6.45) is 3.59. The second kappa shape index (κ2) is 14.0. The monoisotopic (exact) mass is 624 g/mol. The summed E-state index contributed by atoms with van der Waals surface area (Å²) >= 11 is 0. The molecule has 9 N–H and O–H groups in total. The molecule has 4 atom stereocenters. The van der Waals surface area contributed by atoms with Gasteiger partial charge in [0, 0.05) is 53.5 Å². The predicted octanol–water partition coefficient (Wildman–Crippen LogP) is 2.27. The maximum Gasteiger partial charge on any atom is 0.326 e. The number of nitrogens with two attached hydrogens (primary N) is 1. The molecule has 0 aliphatic heterocycles. The van der Waals surface area contributed by atoms with Crippen LogP contribution < -0.4 is 21.7 Å². The molecule has 5 aromatic rings. The van der Waals surface area contributed by atoms with E-state index in [9.17, 15) is 29.4 Å². The van der Waals surface area contributed by atoms with Crippen molar-refractivity contribution in [2.45, 2.75) is 50.4 Å². The van der Waals surface area contributed by atoms with Crippen molar-refractivity contribution in [1.82, 2.24) is 25.9 Å². The number of aromatic hydroxyl groups is 1. The number of rotatable bonds is 13. The number of phenols is 1. The minimum atomic E-state index is -1.32. The molecule has 46 heavy (non-hydrogen) atoms. The highest BCUT2D eigenvalue weighted by Gasteiger charge is 2.31. The summed E-state index contributed by atoms with van der Waals surface area (Å²) in [6, 6.07) is 16.5. The molecule has 12 heteroatoms. The van der Waals surface area contributed by atoms with Crippen LogP contribution in [0.1, 0.15) is 23.6 Å². The molecule has 12 nitrogen and oxygen atoms in total. The lowest BCUT2D eigenvalue weighted by Gasteiger charge is -2.25. The quantitative estimate of drug-likeness (QED) is 0.0981. The van der Waals surface area contributed by atoms with Crippen LogP contribution in [-0.2, 0) is 38.4 Å². The van der Waals surface area contributed by atoms with Crippen molar-refractivity contribution < 1.29 is 29.4 Å². The standard InChI is InChI=1S/C34H36N6O6/c1-19(35)31(42)38-28(15-21-17-36-26-8-4-2-6-24(21)26)32(43)39-29(16-22-18-37-27-9-5-3-7-25(22)27)33(44)40-30(34(45)46)14-20-10-12-23(41)13-11-20/h2-13,17-19,28-30,36-37,41H,14-16,35H2,1H3,(H,38,42)(H,39,43)(H,40,44)(H,45,46). The van der Waals surface area contributed by atoms with Gasteiger partial charge < -0.3 is 41.9 Å². The van der Waals surface area contributed by atoms with Crippen molar-refractivity contribution in [2.75, 3.05) is 0 Å². The largest absolute Gasteiger partial charge is 0.508 e. The number of carboxylic acid groups (broad SMARTS) is 1. The van der Waals surface area contributed by atoms with Crippen molar-refractivity contribution in [1.29, 1.82) is 0 Å². The van der Waals surface area contributed by atoms with Gasteiger partial charge in [-0.15, -0.1) is 0 Å². The Morgan fingerprint density at radius 3 is 1.61 bits per heavy atom. The fourth-order valence-corrected chi connectivity index (χ4v) is 5.37. The molecule has 4 unspecified atom stereocenters. The zero-order valence-corrected chi connectivity index (χ0v) is 25.1. The van der Waals surface area contributed by atoms with Gasteiger partial charge in [-0.3, -0.25) is 14.4 Å². The summed E-state index contributed by atoms with van der Waals surface area (Å²) in [7, 11) is 0. The Morgan fingerprint density at radius 1 is 0.674 bits per heavy atom. The first-order valence-corrected chi connectivity index (χ1v) is 14.9. The van der Waals surface area contributed by atoms with Crippen LogP contribution in [-0.4, -0.2) is 68.0 Å². The van der Waals surface area contributed by atoms with Gasteiger partial charge in [-0.05, 0) is 47.9 Å². The molecule has 0 saturated heterocycles. The van der Waals surface area contributed by atoms with E-state index in [2.05, 4.69) is 25.9 Å². The van der Waals surface area contributed by atoms with Crippen molar-refractivity contribution >= 4 is 45.5 Å². The number of aromatic nitrogens is 2. The number of carbonyl (C=O) groups excluding carboxylic acids is 3. The maximum absolute atomic E-state index is 13.9. The van der Waals surface area contributed by atoms with Gasteiger partial charge in [0.05, 0.1) is 6.04 Å². The molecule has 5 rings (SSSR count). The summed E-state index contributed by atoms with van der Waals surface area (Å²) in [5, 5.41) is 29.3. The van der Waals surface area contributed by atoms with E-state index in [4.69, 9.17) is 5.73 Å². The third-order valence-corrected chi connectivity index (χ3v) is 7.87. The van der Waals surface area contributed by atoms with Crippen molar-refractivity contribution in [3.8, 4) is 5.75 Å². The number of H-pyrrole nitrogens is 2. The first kappa shape index (κ1) is 31.8. The Morgan fingerprint density at radius 2 is 1.13 bits per heavy atom. The third kappa shape index (κ3) is 7.53. The fraction of sp³-hybridized carbons (Fsp3) is 0.235. The highest BCUT2D eigenvalue weighted by Crippen LogP contribution is 2.21. The van der Waals surface area contributed by atoms with Gasteiger partial charge in [-0.1, -0.05) is 48.5 Å². The third-order valence-electron chi connectivity index (χ3n) is 7.87. The number of aromatic amines is 2. The molecular weight excluding hydrogens is 588 g/mol. The lowest BCUT2D eigenvalue weighted by Crippen LogP contribution is -2.58. The normalized spacial score (nSPS) is 13.9. The van der Waals surface area contributed by atoms with Gasteiger partial charge in [-0.25, -0.2) is 4.79 Å². The summed E-state index contributed by atoms with van der Waals surface area (Å²) in [5.74, 6) is -3.13. The van der Waals surface area contributed by atoms with E-state index < -0.39 is 47.9 Å². The molecular formula is C34H36N6O6. The van der Waals surface area contributed by atoms with Gasteiger partial charge >= 0.3 is 5.97 Å². The smallest absolute Gasteiger partial charge is 0.326 e. The van der Waals surface area contributed by atoms with E-state index in [1.807, 2.05) is 48.5 Å². The van der Waals surface area contributed by atoms with Crippen LogP contribution in [0.3, 0.4) is 0 Å². The number of para-hydroxylation sites is 2. The van der Waals surface area contributed by atoms with Crippen LogP contribution >= 0.6 is 0 Å². The van der Waals surface area contributed by atoms with Gasteiger partial charge in [0.1, 0.15) is 23.9 Å². The molecule has 3 aromatic carbocycles. The molecule has 0 bridgehead atoms. The molecule has 0 saturated carbocycles. The number of nitrogens with one attached hydrogen (secondary N) is 5. The van der Waals surface area contributed by atoms with Crippen molar-refractivity contribution in [3.05, 3.63) is 102 Å². The number of benzene rings is 3. The van der Waals surface area contributed by atoms with E-state index in [0.29, 0.717) is 5.56 Å². The number of carbonyl (C=O) groups is 4.